The van der Waals surface area contributed by atoms with Gasteiger partial charge in [-0.25, -0.2) is 9.97 Å². The summed E-state index contributed by atoms with van der Waals surface area (Å²) in [5, 5.41) is 15.4. The van der Waals surface area contributed by atoms with Crippen LogP contribution in [0, 0.1) is 0 Å². The quantitative estimate of drug-likeness (QED) is 0.638. The molecule has 0 spiro atoms. The summed E-state index contributed by atoms with van der Waals surface area (Å²) in [4.78, 5) is 20.1. The number of hydrogen-bond donors (Lipinski definition) is 3. The Morgan fingerprint density at radius 1 is 1.14 bits per heavy atom. The van der Waals surface area contributed by atoms with Gasteiger partial charge in [0.2, 0.25) is 5.91 Å². The van der Waals surface area contributed by atoms with Crippen molar-refractivity contribution in [2.75, 3.05) is 25.0 Å². The molecular weight excluding hydrogens is 268 g/mol. The molecule has 3 N–H and O–H groups in total. The number of nitrogens with one attached hydrogen (secondary N) is 2. The molecule has 0 atom stereocenters. The second-order valence-electron chi connectivity index (χ2n) is 4.73. The van der Waals surface area contributed by atoms with E-state index < -0.39 is 0 Å². The molecule has 0 bridgehead atoms. The van der Waals surface area contributed by atoms with Crippen molar-refractivity contribution in [3.05, 3.63) is 30.6 Å². The van der Waals surface area contributed by atoms with Crippen molar-refractivity contribution in [2.24, 2.45) is 0 Å². The normalized spacial score (nSPS) is 10.5. The minimum atomic E-state index is -0.0679. The Hall–Kier alpha value is -2.21. The van der Waals surface area contributed by atoms with Gasteiger partial charge < -0.3 is 15.7 Å². The molecule has 0 aliphatic rings. The molecule has 1 heterocycles. The van der Waals surface area contributed by atoms with Crippen molar-refractivity contribution in [1.82, 2.24) is 15.3 Å². The fraction of sp³-hybridized carbons (Fsp3) is 0.400. The SMILES string of the molecule is O=C(CNc1ncnc2ccccc12)NCCCCCO. The number of aliphatic hydroxyl groups is 1. The molecule has 1 aromatic carbocycles. The number of aliphatic hydroxyl groups excluding tert-OH is 1. The van der Waals surface area contributed by atoms with E-state index >= 15 is 0 Å². The Kier molecular flexibility index (Phi) is 5.90. The van der Waals surface area contributed by atoms with E-state index in [1.165, 1.54) is 6.33 Å². The average molecular weight is 288 g/mol. The molecule has 0 radical (unpaired) electrons. The number of rotatable bonds is 8. The number of hydrogen-bond acceptors (Lipinski definition) is 5. The number of unbranched alkanes of at least 4 members (excludes halogenated alkanes) is 2. The number of fused-ring (bicyclic) bond motifs is 1. The van der Waals surface area contributed by atoms with Crippen LogP contribution in [0.3, 0.4) is 0 Å². The van der Waals surface area contributed by atoms with Crippen LogP contribution >= 0.6 is 0 Å². The van der Waals surface area contributed by atoms with Crippen molar-refractivity contribution < 1.29 is 9.90 Å². The number of para-hydroxylation sites is 1. The monoisotopic (exact) mass is 288 g/mol. The zero-order valence-corrected chi connectivity index (χ0v) is 11.9. The Balaban J connectivity index is 1.80. The maximum absolute atomic E-state index is 11.7. The Morgan fingerprint density at radius 3 is 2.86 bits per heavy atom. The molecule has 0 unspecified atom stereocenters. The summed E-state index contributed by atoms with van der Waals surface area (Å²) in [5.74, 6) is 0.595. The largest absolute Gasteiger partial charge is 0.396 e. The first-order valence-electron chi connectivity index (χ1n) is 7.12. The predicted molar refractivity (Wildman–Crippen MR) is 82.0 cm³/mol. The fourth-order valence-corrected chi connectivity index (χ4v) is 2.01. The maximum Gasteiger partial charge on any atom is 0.239 e. The van der Waals surface area contributed by atoms with Crippen molar-refractivity contribution in [3.63, 3.8) is 0 Å². The first-order chi connectivity index (χ1) is 10.3. The highest BCUT2D eigenvalue weighted by atomic mass is 16.2. The third-order valence-corrected chi connectivity index (χ3v) is 3.12. The smallest absolute Gasteiger partial charge is 0.239 e. The van der Waals surface area contributed by atoms with Crippen LogP contribution in [0.15, 0.2) is 30.6 Å². The van der Waals surface area contributed by atoms with Crippen LogP contribution in [0.4, 0.5) is 5.82 Å². The number of carbonyl (C=O) groups excluding carboxylic acids is 1. The van der Waals surface area contributed by atoms with E-state index in [1.807, 2.05) is 24.3 Å². The van der Waals surface area contributed by atoms with E-state index in [2.05, 4.69) is 20.6 Å². The molecule has 1 aromatic heterocycles. The van der Waals surface area contributed by atoms with E-state index in [-0.39, 0.29) is 19.1 Å². The highest BCUT2D eigenvalue weighted by molar-refractivity contribution is 5.90. The Morgan fingerprint density at radius 2 is 2.00 bits per heavy atom. The molecule has 21 heavy (non-hydrogen) atoms. The summed E-state index contributed by atoms with van der Waals surface area (Å²) in [6.07, 6.45) is 4.06. The van der Waals surface area contributed by atoms with E-state index in [1.54, 1.807) is 0 Å². The molecule has 0 aliphatic heterocycles. The summed E-state index contributed by atoms with van der Waals surface area (Å²) < 4.78 is 0. The third-order valence-electron chi connectivity index (χ3n) is 3.12. The van der Waals surface area contributed by atoms with Gasteiger partial charge in [0.05, 0.1) is 12.1 Å². The van der Waals surface area contributed by atoms with Gasteiger partial charge in [-0.3, -0.25) is 4.79 Å². The zero-order valence-electron chi connectivity index (χ0n) is 11.9. The van der Waals surface area contributed by atoms with Gasteiger partial charge in [-0.15, -0.1) is 0 Å². The molecule has 1 amide bonds. The van der Waals surface area contributed by atoms with Crippen molar-refractivity contribution in [2.45, 2.75) is 19.3 Å². The van der Waals surface area contributed by atoms with Gasteiger partial charge in [0.15, 0.2) is 0 Å². The second kappa shape index (κ2) is 8.16. The van der Waals surface area contributed by atoms with Gasteiger partial charge >= 0.3 is 0 Å². The lowest BCUT2D eigenvalue weighted by molar-refractivity contribution is -0.119. The second-order valence-corrected chi connectivity index (χ2v) is 4.73. The maximum atomic E-state index is 11.7. The van der Waals surface area contributed by atoms with Gasteiger partial charge in [-0.1, -0.05) is 12.1 Å². The zero-order chi connectivity index (χ0) is 14.9. The van der Waals surface area contributed by atoms with Gasteiger partial charge in [0.25, 0.3) is 0 Å². The van der Waals surface area contributed by atoms with E-state index in [9.17, 15) is 4.79 Å². The lowest BCUT2D eigenvalue weighted by atomic mass is 10.2. The molecule has 6 heteroatoms. The van der Waals surface area contributed by atoms with Crippen LogP contribution in [0.5, 0.6) is 0 Å². The summed E-state index contributed by atoms with van der Waals surface area (Å²) >= 11 is 0. The lowest BCUT2D eigenvalue weighted by Gasteiger charge is -2.08. The molecular formula is C15H20N4O2. The van der Waals surface area contributed by atoms with Crippen LogP contribution in [-0.4, -0.2) is 40.7 Å². The summed E-state index contributed by atoms with van der Waals surface area (Å²) in [6, 6.07) is 7.66. The van der Waals surface area contributed by atoms with Crippen LogP contribution in [0.1, 0.15) is 19.3 Å². The fourth-order valence-electron chi connectivity index (χ4n) is 2.01. The predicted octanol–water partition coefficient (Wildman–Crippen LogP) is 1.32. The molecule has 112 valence electrons. The van der Waals surface area contributed by atoms with Crippen LogP contribution < -0.4 is 10.6 Å². The number of nitrogens with zero attached hydrogens (tertiary/aromatic N) is 2. The summed E-state index contributed by atoms with van der Waals surface area (Å²) in [6.45, 7) is 1.02. The molecule has 2 aromatic rings. The van der Waals surface area contributed by atoms with Crippen molar-refractivity contribution >= 4 is 22.6 Å². The van der Waals surface area contributed by atoms with Gasteiger partial charge in [-0.2, -0.15) is 0 Å². The molecule has 0 saturated carbocycles. The standard InChI is InChI=1S/C15H20N4O2/c20-9-5-1-4-8-16-14(21)10-17-15-12-6-2-3-7-13(12)18-11-19-15/h2-3,6-7,11,20H,1,4-5,8-10H2,(H,16,21)(H,17,18,19). The topological polar surface area (TPSA) is 87.1 Å². The van der Waals surface area contributed by atoms with Gasteiger partial charge in [-0.05, 0) is 31.4 Å². The average Bonchev–Trinajstić information content (AvgIpc) is 2.52. The first kappa shape index (κ1) is 15.2. The number of anilines is 1. The van der Waals surface area contributed by atoms with Gasteiger partial charge in [0, 0.05) is 18.5 Å². The first-order valence-corrected chi connectivity index (χ1v) is 7.12. The van der Waals surface area contributed by atoms with Crippen LogP contribution in [-0.2, 0) is 4.79 Å². The van der Waals surface area contributed by atoms with Crippen molar-refractivity contribution in [1.29, 1.82) is 0 Å². The summed E-state index contributed by atoms with van der Waals surface area (Å²) in [7, 11) is 0. The van der Waals surface area contributed by atoms with E-state index in [0.29, 0.717) is 12.4 Å². The number of aromatic nitrogens is 2. The molecule has 0 saturated heterocycles. The number of carbonyl (C=O) groups is 1. The molecule has 2 rings (SSSR count). The Labute approximate surface area is 123 Å². The van der Waals surface area contributed by atoms with Gasteiger partial charge in [0.1, 0.15) is 12.1 Å². The van der Waals surface area contributed by atoms with E-state index in [4.69, 9.17) is 5.11 Å². The lowest BCUT2D eigenvalue weighted by Crippen LogP contribution is -2.30. The molecule has 0 aliphatic carbocycles. The van der Waals surface area contributed by atoms with Crippen LogP contribution in [0.2, 0.25) is 0 Å². The molecule has 6 nitrogen and oxygen atoms in total. The summed E-state index contributed by atoms with van der Waals surface area (Å²) in [5.41, 5.74) is 0.847. The Bertz CT molecular complexity index is 583. The van der Waals surface area contributed by atoms with Crippen molar-refractivity contribution in [3.8, 4) is 0 Å². The highest BCUT2D eigenvalue weighted by Gasteiger charge is 2.05. The number of amides is 1. The highest BCUT2D eigenvalue weighted by Crippen LogP contribution is 2.17. The third kappa shape index (κ3) is 4.68. The van der Waals surface area contributed by atoms with Crippen LogP contribution in [0.25, 0.3) is 10.9 Å². The molecule has 0 fully saturated rings. The number of benzene rings is 1. The minimum absolute atomic E-state index is 0.0679. The van der Waals surface area contributed by atoms with E-state index in [0.717, 1.165) is 30.2 Å². The minimum Gasteiger partial charge on any atom is -0.396 e.